The van der Waals surface area contributed by atoms with Gasteiger partial charge in [0.05, 0.1) is 0 Å². The highest BCUT2D eigenvalue weighted by Crippen LogP contribution is 2.21. The monoisotopic (exact) mass is 337 g/mol. The molecule has 0 radical (unpaired) electrons. The number of hydrogen-bond donors (Lipinski definition) is 2. The molecule has 0 saturated heterocycles. The molecule has 0 spiro atoms. The highest BCUT2D eigenvalue weighted by Gasteiger charge is 2.13. The number of amides is 1. The summed E-state index contributed by atoms with van der Waals surface area (Å²) < 4.78 is 0. The maximum atomic E-state index is 12.7. The van der Waals surface area contributed by atoms with E-state index in [-0.39, 0.29) is 5.91 Å². The van der Waals surface area contributed by atoms with E-state index in [9.17, 15) is 4.79 Å². The Morgan fingerprint density at radius 3 is 2.60 bits per heavy atom. The molecule has 0 saturated carbocycles. The molecule has 25 heavy (non-hydrogen) atoms. The molecule has 3 rings (SSSR count). The average Bonchev–Trinajstić information content (AvgIpc) is 2.85. The molecule has 0 unspecified atom stereocenters. The van der Waals surface area contributed by atoms with Crippen LogP contribution in [0.3, 0.4) is 0 Å². The lowest BCUT2D eigenvalue weighted by molar-refractivity contribution is 0.102. The van der Waals surface area contributed by atoms with Gasteiger partial charge in [-0.1, -0.05) is 12.1 Å². The fourth-order valence-corrected chi connectivity index (χ4v) is 3.12. The number of anilines is 2. The number of benzene rings is 2. The van der Waals surface area contributed by atoms with Crippen molar-refractivity contribution in [3.63, 3.8) is 0 Å². The Balaban J connectivity index is 1.76. The van der Waals surface area contributed by atoms with Gasteiger partial charge >= 0.3 is 0 Å². The lowest BCUT2D eigenvalue weighted by Crippen LogP contribution is -2.25. The van der Waals surface area contributed by atoms with E-state index in [0.29, 0.717) is 6.04 Å². The summed E-state index contributed by atoms with van der Waals surface area (Å²) in [6, 6.07) is 14.5. The number of nitrogens with zero attached hydrogens (tertiary/aromatic N) is 1. The maximum absolute atomic E-state index is 12.7. The maximum Gasteiger partial charge on any atom is 0.255 e. The van der Waals surface area contributed by atoms with Crippen molar-refractivity contribution in [2.75, 3.05) is 30.4 Å². The highest BCUT2D eigenvalue weighted by atomic mass is 16.1. The third-order valence-electron chi connectivity index (χ3n) is 4.90. The van der Waals surface area contributed by atoms with Gasteiger partial charge in [0.15, 0.2) is 0 Å². The summed E-state index contributed by atoms with van der Waals surface area (Å²) in [6.45, 7) is 6.28. The van der Waals surface area contributed by atoms with Gasteiger partial charge in [-0.05, 0) is 81.2 Å². The Morgan fingerprint density at radius 1 is 1.08 bits per heavy atom. The number of fused-ring (bicyclic) bond motifs is 1. The van der Waals surface area contributed by atoms with E-state index < -0.39 is 0 Å². The summed E-state index contributed by atoms with van der Waals surface area (Å²) in [5, 5.41) is 6.44. The van der Waals surface area contributed by atoms with E-state index in [2.05, 4.69) is 48.6 Å². The number of hydrogen-bond acceptors (Lipinski definition) is 3. The molecule has 2 N–H and O–H groups in total. The first-order valence-electron chi connectivity index (χ1n) is 9.01. The molecule has 1 aliphatic heterocycles. The molecule has 1 aliphatic rings. The van der Waals surface area contributed by atoms with Gasteiger partial charge in [-0.25, -0.2) is 0 Å². The van der Waals surface area contributed by atoms with Crippen LogP contribution < -0.4 is 15.5 Å². The summed E-state index contributed by atoms with van der Waals surface area (Å²) in [7, 11) is 2.06. The van der Waals surface area contributed by atoms with Crippen molar-refractivity contribution in [1.29, 1.82) is 0 Å². The van der Waals surface area contributed by atoms with Crippen LogP contribution in [-0.2, 0) is 12.8 Å². The Kier molecular flexibility index (Phi) is 5.39. The lowest BCUT2D eigenvalue weighted by Gasteiger charge is -2.24. The number of carbonyl (C=O) groups excluding carboxylic acids is 1. The molecule has 0 atom stereocenters. The van der Waals surface area contributed by atoms with Crippen molar-refractivity contribution >= 4 is 17.3 Å². The first-order valence-corrected chi connectivity index (χ1v) is 9.01. The summed E-state index contributed by atoms with van der Waals surface area (Å²) >= 11 is 0. The van der Waals surface area contributed by atoms with Crippen molar-refractivity contribution in [3.05, 3.63) is 59.2 Å². The smallest absolute Gasteiger partial charge is 0.255 e. The second-order valence-electron chi connectivity index (χ2n) is 6.94. The van der Waals surface area contributed by atoms with Gasteiger partial charge in [-0.15, -0.1) is 0 Å². The Labute approximate surface area is 150 Å². The zero-order chi connectivity index (χ0) is 17.8. The molecule has 0 fully saturated rings. The zero-order valence-electron chi connectivity index (χ0n) is 15.3. The third kappa shape index (κ3) is 4.20. The molecule has 2 aromatic rings. The summed E-state index contributed by atoms with van der Waals surface area (Å²) in [6.07, 6.45) is 2.01. The molecule has 0 aliphatic carbocycles. The van der Waals surface area contributed by atoms with Gasteiger partial charge in [0.25, 0.3) is 5.91 Å². The molecule has 0 aromatic heterocycles. The van der Waals surface area contributed by atoms with Crippen LogP contribution in [-0.4, -0.2) is 32.1 Å². The van der Waals surface area contributed by atoms with E-state index >= 15 is 0 Å². The Morgan fingerprint density at radius 2 is 1.84 bits per heavy atom. The second kappa shape index (κ2) is 7.70. The molecule has 0 bridgehead atoms. The van der Waals surface area contributed by atoms with Gasteiger partial charge in [-0.2, -0.15) is 0 Å². The minimum Gasteiger partial charge on any atom is -0.372 e. The summed E-state index contributed by atoms with van der Waals surface area (Å²) in [4.78, 5) is 14.8. The number of nitrogens with one attached hydrogen (secondary N) is 2. The Bertz CT molecular complexity index is 755. The molecule has 2 aromatic carbocycles. The van der Waals surface area contributed by atoms with Crippen molar-refractivity contribution < 1.29 is 4.79 Å². The van der Waals surface area contributed by atoms with E-state index in [1.165, 1.54) is 11.1 Å². The molecule has 1 amide bonds. The lowest BCUT2D eigenvalue weighted by atomic mass is 10.00. The minimum absolute atomic E-state index is 0.0515. The van der Waals surface area contributed by atoms with Gasteiger partial charge < -0.3 is 15.5 Å². The van der Waals surface area contributed by atoms with Crippen LogP contribution in [0.4, 0.5) is 11.4 Å². The van der Waals surface area contributed by atoms with Crippen molar-refractivity contribution in [1.82, 2.24) is 5.32 Å². The predicted molar refractivity (Wildman–Crippen MR) is 105 cm³/mol. The van der Waals surface area contributed by atoms with E-state index in [1.54, 1.807) is 0 Å². The van der Waals surface area contributed by atoms with Crippen LogP contribution in [0.1, 0.15) is 35.3 Å². The van der Waals surface area contributed by atoms with Crippen molar-refractivity contribution in [3.8, 4) is 0 Å². The molecule has 1 heterocycles. The number of rotatable bonds is 4. The standard InChI is InChI=1S/C21H27N3O/c1-15(2)24(3)20-6-4-5-19(14-20)23-21(25)18-8-7-16-9-11-22-12-10-17(16)13-18/h4-8,13-15,22H,9-12H2,1-3H3,(H,23,25). The van der Waals surface area contributed by atoms with Gasteiger partial charge in [-0.3, -0.25) is 4.79 Å². The van der Waals surface area contributed by atoms with Crippen LogP contribution in [0.5, 0.6) is 0 Å². The normalized spacial score (nSPS) is 13.9. The average molecular weight is 337 g/mol. The third-order valence-corrected chi connectivity index (χ3v) is 4.90. The van der Waals surface area contributed by atoms with Crippen LogP contribution in [0, 0.1) is 0 Å². The van der Waals surface area contributed by atoms with E-state index in [0.717, 1.165) is 42.9 Å². The van der Waals surface area contributed by atoms with Crippen molar-refractivity contribution in [2.45, 2.75) is 32.7 Å². The van der Waals surface area contributed by atoms with Crippen molar-refractivity contribution in [2.24, 2.45) is 0 Å². The van der Waals surface area contributed by atoms with Crippen LogP contribution in [0.25, 0.3) is 0 Å². The van der Waals surface area contributed by atoms with E-state index in [4.69, 9.17) is 0 Å². The highest BCUT2D eigenvalue weighted by molar-refractivity contribution is 6.04. The fourth-order valence-electron chi connectivity index (χ4n) is 3.12. The molecule has 4 nitrogen and oxygen atoms in total. The van der Waals surface area contributed by atoms with Crippen LogP contribution in [0.2, 0.25) is 0 Å². The van der Waals surface area contributed by atoms with Crippen LogP contribution >= 0.6 is 0 Å². The Hall–Kier alpha value is -2.33. The summed E-state index contributed by atoms with van der Waals surface area (Å²) in [5.41, 5.74) is 5.28. The largest absolute Gasteiger partial charge is 0.372 e. The van der Waals surface area contributed by atoms with Gasteiger partial charge in [0.2, 0.25) is 0 Å². The van der Waals surface area contributed by atoms with E-state index in [1.807, 2.05) is 30.3 Å². The predicted octanol–water partition coefficient (Wildman–Crippen LogP) is 3.47. The summed E-state index contributed by atoms with van der Waals surface area (Å²) in [5.74, 6) is -0.0515. The molecular weight excluding hydrogens is 310 g/mol. The zero-order valence-corrected chi connectivity index (χ0v) is 15.3. The number of carbonyl (C=O) groups is 1. The first kappa shape index (κ1) is 17.5. The molecule has 4 heteroatoms. The SMILES string of the molecule is CC(C)N(C)c1cccc(NC(=O)c2ccc3c(c2)CCNCC3)c1. The first-order chi connectivity index (χ1) is 12.0. The van der Waals surface area contributed by atoms with Crippen LogP contribution in [0.15, 0.2) is 42.5 Å². The topological polar surface area (TPSA) is 44.4 Å². The minimum atomic E-state index is -0.0515. The van der Waals surface area contributed by atoms with Gasteiger partial charge in [0.1, 0.15) is 0 Å². The quantitative estimate of drug-likeness (QED) is 0.898. The second-order valence-corrected chi connectivity index (χ2v) is 6.94. The fraction of sp³-hybridized carbons (Fsp3) is 0.381. The molecular formula is C21H27N3O. The van der Waals surface area contributed by atoms with Gasteiger partial charge in [0, 0.05) is 30.0 Å². The molecule has 132 valence electrons.